The Morgan fingerprint density at radius 2 is 0.865 bits per heavy atom. The molecule has 0 aromatic carbocycles. The van der Waals surface area contributed by atoms with E-state index in [1.54, 1.807) is 0 Å². The van der Waals surface area contributed by atoms with Crippen molar-refractivity contribution in [2.75, 3.05) is 52.5 Å². The average Bonchev–Trinajstić information content (AvgIpc) is 3.40. The van der Waals surface area contributed by atoms with Crippen LogP contribution in [-0.2, 0) is 32.6 Å². The average molecular weight is 1070 g/mol. The minimum absolute atomic E-state index is 0.0217. The van der Waals surface area contributed by atoms with Crippen LogP contribution in [-0.4, -0.2) is 98.8 Å². The highest BCUT2D eigenvalue weighted by Gasteiger charge is 2.19. The molecule has 13 heteroatoms. The molecule has 3 N–H and O–H groups in total. The van der Waals surface area contributed by atoms with Gasteiger partial charge >= 0.3 is 20.5 Å². The van der Waals surface area contributed by atoms with Crippen LogP contribution in [0, 0.1) is 5.53 Å². The summed E-state index contributed by atoms with van der Waals surface area (Å²) in [6, 6.07) is -0.178. The van der Waals surface area contributed by atoms with E-state index in [9.17, 15) is 14.7 Å². The van der Waals surface area contributed by atoms with Gasteiger partial charge in [0.25, 0.3) is 0 Å². The van der Waals surface area contributed by atoms with Crippen molar-refractivity contribution in [2.24, 2.45) is 5.11 Å². The zero-order valence-electron chi connectivity index (χ0n) is 49.0. The van der Waals surface area contributed by atoms with Crippen LogP contribution < -0.4 is 5.32 Å². The van der Waals surface area contributed by atoms with E-state index in [0.717, 1.165) is 155 Å². The lowest BCUT2D eigenvalue weighted by Crippen LogP contribution is -2.40. The summed E-state index contributed by atoms with van der Waals surface area (Å²) in [5.41, 5.74) is 7.79. The molecule has 0 amide bonds. The Labute approximate surface area is 458 Å². The quantitative estimate of drug-likeness (QED) is 0.0232. The SMILES string of the molecule is CCCCCCCCC(CCCCCCCC)OC(=O)CCCCCCCOP(OCCCCCCCC(=O)OC(CCCCCCCC)CCCCCCCC)OCCC(CNCCN1CCC(O)CC1)N=N. The van der Waals surface area contributed by atoms with Crippen molar-refractivity contribution in [3.63, 3.8) is 0 Å². The summed E-state index contributed by atoms with van der Waals surface area (Å²) in [6.07, 6.45) is 47.3. The maximum atomic E-state index is 12.9. The molecular weight excluding hydrogens is 948 g/mol. The van der Waals surface area contributed by atoms with Crippen LogP contribution in [0.25, 0.3) is 0 Å². The summed E-state index contributed by atoms with van der Waals surface area (Å²) in [5.74, 6) is -0.0435. The van der Waals surface area contributed by atoms with Gasteiger partial charge in [0.1, 0.15) is 12.2 Å². The number of hydrogen-bond acceptors (Lipinski definition) is 12. The number of carbonyl (C=O) groups is 2. The predicted molar refractivity (Wildman–Crippen MR) is 310 cm³/mol. The number of carbonyl (C=O) groups excluding carboxylic acids is 2. The van der Waals surface area contributed by atoms with Crippen LogP contribution >= 0.6 is 8.60 Å². The fourth-order valence-electron chi connectivity index (χ4n) is 9.94. The van der Waals surface area contributed by atoms with Crippen LogP contribution in [0.3, 0.4) is 0 Å². The Kier molecular flexibility index (Phi) is 52.6. The molecule has 1 atom stereocenters. The summed E-state index contributed by atoms with van der Waals surface area (Å²) >= 11 is 0. The number of ether oxygens (including phenoxy) is 2. The van der Waals surface area contributed by atoms with E-state index in [1.165, 1.54) is 128 Å². The Hall–Kier alpha value is -1.27. The molecule has 74 heavy (non-hydrogen) atoms. The molecule has 0 spiro atoms. The number of hydrogen-bond donors (Lipinski definition) is 3. The predicted octanol–water partition coefficient (Wildman–Crippen LogP) is 17.6. The van der Waals surface area contributed by atoms with Gasteiger partial charge in [0.15, 0.2) is 0 Å². The van der Waals surface area contributed by atoms with Crippen LogP contribution in [0.15, 0.2) is 5.11 Å². The van der Waals surface area contributed by atoms with Gasteiger partial charge in [-0.2, -0.15) is 5.11 Å². The maximum absolute atomic E-state index is 12.9. The number of piperidine rings is 1. The minimum atomic E-state index is -1.52. The molecule has 1 aliphatic rings. The van der Waals surface area contributed by atoms with Crippen LogP contribution in [0.4, 0.5) is 0 Å². The highest BCUT2D eigenvalue weighted by Crippen LogP contribution is 2.40. The lowest BCUT2D eigenvalue weighted by atomic mass is 10.0. The maximum Gasteiger partial charge on any atom is 0.332 e. The number of nitrogens with one attached hydrogen (secondary N) is 2. The molecule has 438 valence electrons. The molecule has 1 unspecified atom stereocenters. The molecule has 12 nitrogen and oxygen atoms in total. The fraction of sp³-hybridized carbons (Fsp3) is 0.967. The number of esters is 2. The van der Waals surface area contributed by atoms with Crippen molar-refractivity contribution in [2.45, 2.75) is 328 Å². The monoisotopic (exact) mass is 1070 g/mol. The van der Waals surface area contributed by atoms with Gasteiger partial charge in [-0.1, -0.05) is 195 Å². The zero-order valence-corrected chi connectivity index (χ0v) is 49.9. The number of aliphatic hydroxyl groups excluding tert-OH is 1. The van der Waals surface area contributed by atoms with Gasteiger partial charge in [-0.3, -0.25) is 9.59 Å². The molecule has 0 saturated carbocycles. The first-order valence-electron chi connectivity index (χ1n) is 31.9. The molecule has 1 saturated heterocycles. The number of nitrogens with zero attached hydrogens (tertiary/aromatic N) is 2. The highest BCUT2D eigenvalue weighted by atomic mass is 31.2. The van der Waals surface area contributed by atoms with E-state index in [-0.39, 0.29) is 36.3 Å². The number of unbranched alkanes of at least 4 members (excludes halogenated alkanes) is 28. The lowest BCUT2D eigenvalue weighted by molar-refractivity contribution is -0.151. The largest absolute Gasteiger partial charge is 0.462 e. The van der Waals surface area contributed by atoms with E-state index < -0.39 is 8.60 Å². The molecule has 1 rings (SSSR count). The van der Waals surface area contributed by atoms with Crippen molar-refractivity contribution in [1.29, 1.82) is 5.53 Å². The molecule has 1 aliphatic heterocycles. The molecule has 0 aliphatic carbocycles. The van der Waals surface area contributed by atoms with Crippen LogP contribution in [0.2, 0.25) is 0 Å². The Bertz CT molecular complexity index is 1120. The van der Waals surface area contributed by atoms with Crippen LogP contribution in [0.1, 0.15) is 304 Å². The molecular formula is C61H121N4O8P. The van der Waals surface area contributed by atoms with E-state index in [4.69, 9.17) is 28.6 Å². The molecule has 0 radical (unpaired) electrons. The van der Waals surface area contributed by atoms with Gasteiger partial charge in [-0.15, -0.1) is 0 Å². The highest BCUT2D eigenvalue weighted by molar-refractivity contribution is 7.41. The van der Waals surface area contributed by atoms with Gasteiger partial charge in [-0.25, -0.2) is 5.53 Å². The number of aliphatic hydroxyl groups is 1. The van der Waals surface area contributed by atoms with Gasteiger partial charge < -0.3 is 38.4 Å². The summed E-state index contributed by atoms with van der Waals surface area (Å²) in [7, 11) is -1.52. The second kappa shape index (κ2) is 55.1. The number of rotatable bonds is 58. The first-order chi connectivity index (χ1) is 36.3. The summed E-state index contributed by atoms with van der Waals surface area (Å²) in [5, 5.41) is 17.1. The van der Waals surface area contributed by atoms with Gasteiger partial charge in [0, 0.05) is 45.6 Å². The van der Waals surface area contributed by atoms with Crippen molar-refractivity contribution in [3.8, 4) is 0 Å². The third-order valence-corrected chi connectivity index (χ3v) is 16.1. The van der Waals surface area contributed by atoms with Gasteiger partial charge in [0.2, 0.25) is 0 Å². The summed E-state index contributed by atoms with van der Waals surface area (Å²) in [4.78, 5) is 28.2. The third-order valence-electron chi connectivity index (χ3n) is 14.9. The molecule has 1 fully saturated rings. The Morgan fingerprint density at radius 1 is 0.514 bits per heavy atom. The van der Waals surface area contributed by atoms with E-state index >= 15 is 0 Å². The third kappa shape index (κ3) is 46.8. The molecule has 0 aromatic rings. The molecule has 0 bridgehead atoms. The van der Waals surface area contributed by atoms with E-state index in [0.29, 0.717) is 45.6 Å². The standard InChI is InChI=1S/C61H121N4O8P/c1-5-9-13-17-23-31-39-58(40-32-24-18-14-10-6-2)72-60(67)43-35-27-21-29-37-52-69-74(71-54-47-56(64-62)55-63-48-51-65-49-45-57(66)46-50-65)70-53-38-30-22-28-36-44-61(68)73-59(41-33-25-19-15-11-7-3)42-34-26-20-16-12-8-4/h56-59,62-63,66H,5-55H2,1-4H3. The topological polar surface area (TPSA) is 152 Å². The first kappa shape index (κ1) is 70.7. The fourth-order valence-corrected chi connectivity index (χ4v) is 11.0. The van der Waals surface area contributed by atoms with Crippen molar-refractivity contribution >= 4 is 20.5 Å². The second-order valence-corrected chi connectivity index (χ2v) is 23.3. The van der Waals surface area contributed by atoms with Gasteiger partial charge in [-0.05, 0) is 96.3 Å². The number of likely N-dealkylation sites (tertiary alicyclic amines) is 1. The van der Waals surface area contributed by atoms with E-state index in [1.807, 2.05) is 0 Å². The van der Waals surface area contributed by atoms with Crippen LogP contribution in [0.5, 0.6) is 0 Å². The second-order valence-electron chi connectivity index (χ2n) is 22.1. The van der Waals surface area contributed by atoms with Gasteiger partial charge in [0.05, 0.1) is 32.0 Å². The lowest BCUT2D eigenvalue weighted by Gasteiger charge is -2.29. The van der Waals surface area contributed by atoms with Crippen molar-refractivity contribution < 1.29 is 37.7 Å². The van der Waals surface area contributed by atoms with Crippen molar-refractivity contribution in [1.82, 2.24) is 10.2 Å². The first-order valence-corrected chi connectivity index (χ1v) is 33.0. The smallest absolute Gasteiger partial charge is 0.332 e. The summed E-state index contributed by atoms with van der Waals surface area (Å²) in [6.45, 7) is 14.8. The van der Waals surface area contributed by atoms with E-state index in [2.05, 4.69) is 43.0 Å². The Morgan fingerprint density at radius 3 is 1.26 bits per heavy atom. The summed E-state index contributed by atoms with van der Waals surface area (Å²) < 4.78 is 30.8. The van der Waals surface area contributed by atoms with Crippen molar-refractivity contribution in [3.05, 3.63) is 0 Å². The molecule has 1 heterocycles. The Balaban J connectivity index is 2.50. The minimum Gasteiger partial charge on any atom is -0.462 e. The normalized spacial score (nSPS) is 13.9. The zero-order chi connectivity index (χ0) is 53.6. The molecule has 0 aromatic heterocycles.